The van der Waals surface area contributed by atoms with Crippen molar-refractivity contribution in [1.82, 2.24) is 0 Å². The third-order valence-corrected chi connectivity index (χ3v) is 2.49. The number of carbonyl (C=O) groups excluding carboxylic acids is 1. The number of amides is 1. The molecule has 0 unspecified atom stereocenters. The largest absolute Gasteiger partial charge is 0.370 e. The lowest BCUT2D eigenvalue weighted by molar-refractivity contribution is -0.117. The summed E-state index contributed by atoms with van der Waals surface area (Å²) >= 11 is 11.7. The Morgan fingerprint density at radius 3 is 2.60 bits per heavy atom. The quantitative estimate of drug-likeness (QED) is 0.610. The summed E-state index contributed by atoms with van der Waals surface area (Å²) < 4.78 is 0. The van der Waals surface area contributed by atoms with Gasteiger partial charge in [0.25, 0.3) is 5.91 Å². The predicted octanol–water partition coefficient (Wildman–Crippen LogP) is 1.34. The molecule has 6 heteroatoms. The number of hydrogen-bond acceptors (Lipinski definition) is 1. The minimum atomic E-state index is -0.459. The maximum absolute atomic E-state index is 11.2. The van der Waals surface area contributed by atoms with Crippen molar-refractivity contribution in [1.29, 1.82) is 0 Å². The third-order valence-electron chi connectivity index (χ3n) is 1.63. The second-order valence-corrected chi connectivity index (χ2v) is 3.61. The van der Waals surface area contributed by atoms with Gasteiger partial charge in [0.1, 0.15) is 0 Å². The van der Waals surface area contributed by atoms with Gasteiger partial charge < -0.3 is 11.5 Å². The van der Waals surface area contributed by atoms with Crippen LogP contribution in [0.25, 0.3) is 0 Å². The van der Waals surface area contributed by atoms with Gasteiger partial charge in [-0.1, -0.05) is 35.3 Å². The second-order valence-electron chi connectivity index (χ2n) is 2.82. The average molecular weight is 246 g/mol. The van der Waals surface area contributed by atoms with Crippen LogP contribution < -0.4 is 11.5 Å². The van der Waals surface area contributed by atoms with Gasteiger partial charge in [0.15, 0.2) is 5.96 Å². The van der Waals surface area contributed by atoms with Crippen molar-refractivity contribution >= 4 is 35.1 Å². The van der Waals surface area contributed by atoms with Gasteiger partial charge >= 0.3 is 0 Å². The molecule has 0 heterocycles. The molecule has 0 aliphatic rings. The number of nitrogens with zero attached hydrogens (tertiary/aromatic N) is 1. The van der Waals surface area contributed by atoms with Crippen molar-refractivity contribution in [2.75, 3.05) is 0 Å². The van der Waals surface area contributed by atoms with E-state index in [0.717, 1.165) is 0 Å². The van der Waals surface area contributed by atoms with E-state index in [1.165, 1.54) is 0 Å². The van der Waals surface area contributed by atoms with Crippen molar-refractivity contribution < 1.29 is 4.79 Å². The van der Waals surface area contributed by atoms with E-state index in [2.05, 4.69) is 4.99 Å². The lowest BCUT2D eigenvalue weighted by Crippen LogP contribution is -2.24. The highest BCUT2D eigenvalue weighted by atomic mass is 35.5. The zero-order chi connectivity index (χ0) is 11.4. The highest BCUT2D eigenvalue weighted by Gasteiger charge is 2.08. The van der Waals surface area contributed by atoms with Crippen LogP contribution in [-0.4, -0.2) is 11.9 Å². The predicted molar refractivity (Wildman–Crippen MR) is 61.0 cm³/mol. The number of halogens is 2. The molecule has 1 aromatic carbocycles. The van der Waals surface area contributed by atoms with Gasteiger partial charge in [0.2, 0.25) is 0 Å². The lowest BCUT2D eigenvalue weighted by atomic mass is 10.1. The summed E-state index contributed by atoms with van der Waals surface area (Å²) in [5.74, 6) is -0.725. The van der Waals surface area contributed by atoms with Gasteiger partial charge in [0.05, 0.1) is 16.5 Å². The normalized spacial score (nSPS) is 9.73. The summed E-state index contributed by atoms with van der Waals surface area (Å²) in [4.78, 5) is 14.6. The van der Waals surface area contributed by atoms with E-state index >= 15 is 0 Å². The summed E-state index contributed by atoms with van der Waals surface area (Å²) in [6, 6.07) is 5.03. The van der Waals surface area contributed by atoms with Gasteiger partial charge in [-0.15, -0.1) is 0 Å². The van der Waals surface area contributed by atoms with Crippen LogP contribution in [0.5, 0.6) is 0 Å². The lowest BCUT2D eigenvalue weighted by Gasteiger charge is -2.02. The standard InChI is InChI=1S/C9H9Cl2N3O/c10-6-3-1-2-5(8(6)11)4-7(15)14-9(12)13/h1-3H,4H2,(H4,12,13,14,15). The smallest absolute Gasteiger partial charge is 0.253 e. The molecule has 4 N–H and O–H groups in total. The highest BCUT2D eigenvalue weighted by Crippen LogP contribution is 2.25. The molecule has 0 saturated carbocycles. The van der Waals surface area contributed by atoms with E-state index < -0.39 is 5.91 Å². The fourth-order valence-electron chi connectivity index (χ4n) is 1.03. The summed E-state index contributed by atoms with van der Waals surface area (Å²) in [5.41, 5.74) is 10.7. The third kappa shape index (κ3) is 3.42. The summed E-state index contributed by atoms with van der Waals surface area (Å²) in [6.45, 7) is 0. The van der Waals surface area contributed by atoms with Crippen LogP contribution in [0.3, 0.4) is 0 Å². The number of nitrogens with two attached hydrogens (primary N) is 2. The van der Waals surface area contributed by atoms with Crippen molar-refractivity contribution in [2.24, 2.45) is 16.5 Å². The highest BCUT2D eigenvalue weighted by molar-refractivity contribution is 6.42. The minimum Gasteiger partial charge on any atom is -0.370 e. The molecule has 1 rings (SSSR count). The first kappa shape index (κ1) is 11.8. The zero-order valence-corrected chi connectivity index (χ0v) is 9.22. The molecule has 1 aromatic rings. The van der Waals surface area contributed by atoms with Crippen LogP contribution in [0.4, 0.5) is 0 Å². The first-order valence-corrected chi connectivity index (χ1v) is 4.81. The maximum atomic E-state index is 11.2. The van der Waals surface area contributed by atoms with Crippen molar-refractivity contribution in [3.05, 3.63) is 33.8 Å². The van der Waals surface area contributed by atoms with E-state index in [-0.39, 0.29) is 12.4 Å². The van der Waals surface area contributed by atoms with Gasteiger partial charge in [0, 0.05) is 0 Å². The molecule has 0 aliphatic heterocycles. The van der Waals surface area contributed by atoms with E-state index in [0.29, 0.717) is 15.6 Å². The average Bonchev–Trinajstić information content (AvgIpc) is 2.11. The molecule has 80 valence electrons. The molecule has 0 aliphatic carbocycles. The number of carbonyl (C=O) groups is 1. The summed E-state index contributed by atoms with van der Waals surface area (Å²) in [6.07, 6.45) is 0.0251. The second kappa shape index (κ2) is 5.00. The maximum Gasteiger partial charge on any atom is 0.253 e. The van der Waals surface area contributed by atoms with Crippen LogP contribution in [0, 0.1) is 0 Å². The van der Waals surface area contributed by atoms with E-state index in [9.17, 15) is 4.79 Å². The molecule has 0 spiro atoms. The first-order valence-electron chi connectivity index (χ1n) is 4.06. The van der Waals surface area contributed by atoms with Crippen molar-refractivity contribution in [3.63, 3.8) is 0 Å². The van der Waals surface area contributed by atoms with E-state index in [1.807, 2.05) is 0 Å². The Morgan fingerprint density at radius 2 is 2.00 bits per heavy atom. The SMILES string of the molecule is NC(N)=NC(=O)Cc1cccc(Cl)c1Cl. The molecule has 0 saturated heterocycles. The monoisotopic (exact) mass is 245 g/mol. The van der Waals surface area contributed by atoms with Crippen LogP contribution in [0.15, 0.2) is 23.2 Å². The molecule has 0 radical (unpaired) electrons. The fraction of sp³-hybridized carbons (Fsp3) is 0.111. The number of rotatable bonds is 2. The van der Waals surface area contributed by atoms with Crippen LogP contribution in [0.1, 0.15) is 5.56 Å². The Kier molecular flexibility index (Phi) is 3.94. The van der Waals surface area contributed by atoms with Gasteiger partial charge in [-0.2, -0.15) is 4.99 Å². The Bertz CT molecular complexity index is 414. The van der Waals surface area contributed by atoms with Crippen LogP contribution >= 0.6 is 23.2 Å². The Morgan fingerprint density at radius 1 is 1.33 bits per heavy atom. The molecule has 0 atom stereocenters. The molecular weight excluding hydrogens is 237 g/mol. The molecule has 0 bridgehead atoms. The minimum absolute atomic E-state index is 0.0251. The molecular formula is C9H9Cl2N3O. The number of guanidine groups is 1. The number of aliphatic imine (C=N–C) groups is 1. The van der Waals surface area contributed by atoms with Gasteiger partial charge in [-0.25, -0.2) is 0 Å². The Labute approximate surface area is 96.9 Å². The van der Waals surface area contributed by atoms with E-state index in [1.54, 1.807) is 18.2 Å². The number of benzene rings is 1. The van der Waals surface area contributed by atoms with Crippen molar-refractivity contribution in [3.8, 4) is 0 Å². The van der Waals surface area contributed by atoms with Gasteiger partial charge in [-0.05, 0) is 11.6 Å². The van der Waals surface area contributed by atoms with E-state index in [4.69, 9.17) is 34.7 Å². The molecule has 15 heavy (non-hydrogen) atoms. The van der Waals surface area contributed by atoms with Crippen LogP contribution in [-0.2, 0) is 11.2 Å². The molecule has 0 aromatic heterocycles. The topological polar surface area (TPSA) is 81.5 Å². The van der Waals surface area contributed by atoms with Crippen LogP contribution in [0.2, 0.25) is 10.0 Å². The summed E-state index contributed by atoms with van der Waals surface area (Å²) in [5, 5.41) is 0.741. The van der Waals surface area contributed by atoms with Gasteiger partial charge in [-0.3, -0.25) is 4.79 Å². The van der Waals surface area contributed by atoms with Crippen molar-refractivity contribution in [2.45, 2.75) is 6.42 Å². The molecule has 4 nitrogen and oxygen atoms in total. The number of hydrogen-bond donors (Lipinski definition) is 2. The zero-order valence-electron chi connectivity index (χ0n) is 7.71. The molecule has 0 fully saturated rings. The Hall–Kier alpha value is -1.26. The fourth-order valence-corrected chi connectivity index (χ4v) is 1.42. The molecule has 1 amide bonds. The summed E-state index contributed by atoms with van der Waals surface area (Å²) in [7, 11) is 0. The Balaban J connectivity index is 2.86. The first-order chi connectivity index (χ1) is 7.00.